The number of rotatable bonds is 7. The molecule has 0 spiro atoms. The highest BCUT2D eigenvalue weighted by molar-refractivity contribution is 5.89. The Morgan fingerprint density at radius 2 is 1.95 bits per heavy atom. The van der Waals surface area contributed by atoms with Crippen LogP contribution in [0.3, 0.4) is 0 Å². The van der Waals surface area contributed by atoms with E-state index in [1.54, 1.807) is 12.0 Å². The van der Waals surface area contributed by atoms with Gasteiger partial charge in [0.05, 0.1) is 37.8 Å². The van der Waals surface area contributed by atoms with Gasteiger partial charge in [-0.25, -0.2) is 4.98 Å². The Balaban J connectivity index is 1.41. The fraction of sp³-hybridized carbons (Fsp3) is 0.433. The first-order valence-corrected chi connectivity index (χ1v) is 13.5. The minimum absolute atomic E-state index is 0.0545. The summed E-state index contributed by atoms with van der Waals surface area (Å²) in [6, 6.07) is 15.0. The van der Waals surface area contributed by atoms with Gasteiger partial charge < -0.3 is 25.3 Å². The van der Waals surface area contributed by atoms with Crippen LogP contribution in [0.25, 0.3) is 0 Å². The maximum atomic E-state index is 13.7. The molecule has 3 unspecified atom stereocenters. The third-order valence-electron chi connectivity index (χ3n) is 7.98. The van der Waals surface area contributed by atoms with Crippen molar-refractivity contribution in [3.05, 3.63) is 82.9 Å². The number of ether oxygens (including phenoxy) is 1. The van der Waals surface area contributed by atoms with E-state index in [1.165, 1.54) is 11.1 Å². The van der Waals surface area contributed by atoms with Crippen LogP contribution in [-0.2, 0) is 35.5 Å². The van der Waals surface area contributed by atoms with E-state index in [2.05, 4.69) is 33.9 Å². The highest BCUT2D eigenvalue weighted by Gasteiger charge is 2.38. The van der Waals surface area contributed by atoms with Gasteiger partial charge in [0.2, 0.25) is 11.8 Å². The number of aromatic nitrogens is 2. The quantitative estimate of drug-likeness (QED) is 0.503. The molecule has 2 heterocycles. The van der Waals surface area contributed by atoms with Crippen LogP contribution in [-0.4, -0.2) is 51.5 Å². The Morgan fingerprint density at radius 3 is 2.74 bits per heavy atom. The van der Waals surface area contributed by atoms with Crippen molar-refractivity contribution in [3.8, 4) is 5.75 Å². The standard InChI is InChI=1S/C30H37N5O3/c1-20-8-3-4-10-22(20)17-34-19-32-26-16-27(30(37)33-25-13-6-5-12-24(25)31)35(18-28(26)34)29(36)15-21-9-7-11-23(14-21)38-2/h3-4,7-11,14,19,24-25,27H,5-6,12-13,15-18,31H2,1-2H3,(H,33,37). The van der Waals surface area contributed by atoms with Crippen molar-refractivity contribution < 1.29 is 14.3 Å². The monoisotopic (exact) mass is 515 g/mol. The van der Waals surface area contributed by atoms with Gasteiger partial charge in [-0.3, -0.25) is 9.59 Å². The highest BCUT2D eigenvalue weighted by atomic mass is 16.5. The first-order chi connectivity index (χ1) is 18.4. The van der Waals surface area contributed by atoms with E-state index in [4.69, 9.17) is 10.5 Å². The second-order valence-corrected chi connectivity index (χ2v) is 10.5. The predicted molar refractivity (Wildman–Crippen MR) is 146 cm³/mol. The molecule has 2 amide bonds. The molecule has 0 bridgehead atoms. The van der Waals surface area contributed by atoms with Crippen molar-refractivity contribution in [1.82, 2.24) is 19.8 Å². The number of fused-ring (bicyclic) bond motifs is 1. The van der Waals surface area contributed by atoms with Crippen molar-refractivity contribution in [2.45, 2.75) is 76.7 Å². The molecule has 2 aromatic carbocycles. The van der Waals surface area contributed by atoms with Gasteiger partial charge in [-0.2, -0.15) is 0 Å². The van der Waals surface area contributed by atoms with Crippen LogP contribution in [0.15, 0.2) is 54.9 Å². The van der Waals surface area contributed by atoms with Gasteiger partial charge in [0, 0.05) is 25.0 Å². The molecule has 38 heavy (non-hydrogen) atoms. The van der Waals surface area contributed by atoms with Gasteiger partial charge in [-0.15, -0.1) is 0 Å². The predicted octanol–water partition coefficient (Wildman–Crippen LogP) is 3.13. The molecule has 1 aliphatic carbocycles. The van der Waals surface area contributed by atoms with Crippen LogP contribution in [0.5, 0.6) is 5.75 Å². The fourth-order valence-electron chi connectivity index (χ4n) is 5.65. The SMILES string of the molecule is COc1cccc(CC(=O)N2Cc3c(ncn3Cc3ccccc3C)CC2C(=O)NC2CCCCC2N)c1. The highest BCUT2D eigenvalue weighted by Crippen LogP contribution is 2.26. The maximum absolute atomic E-state index is 13.7. The summed E-state index contributed by atoms with van der Waals surface area (Å²) in [6.45, 7) is 3.10. The van der Waals surface area contributed by atoms with E-state index in [-0.39, 0.29) is 30.3 Å². The molecule has 3 N–H and O–H groups in total. The maximum Gasteiger partial charge on any atom is 0.243 e. The summed E-state index contributed by atoms with van der Waals surface area (Å²) < 4.78 is 7.45. The largest absolute Gasteiger partial charge is 0.497 e. The van der Waals surface area contributed by atoms with Gasteiger partial charge >= 0.3 is 0 Å². The molecule has 3 aromatic rings. The lowest BCUT2D eigenvalue weighted by Crippen LogP contribution is -2.58. The number of imidazole rings is 1. The Morgan fingerprint density at radius 1 is 1.13 bits per heavy atom. The van der Waals surface area contributed by atoms with Crippen molar-refractivity contribution in [1.29, 1.82) is 0 Å². The minimum Gasteiger partial charge on any atom is -0.497 e. The molecule has 0 radical (unpaired) electrons. The number of nitrogens with two attached hydrogens (primary N) is 1. The minimum atomic E-state index is -0.628. The number of hydrogen-bond donors (Lipinski definition) is 2. The summed E-state index contributed by atoms with van der Waals surface area (Å²) in [7, 11) is 1.61. The molecular formula is C30H37N5O3. The number of hydrogen-bond acceptors (Lipinski definition) is 5. The van der Waals surface area contributed by atoms with Crippen LogP contribution in [0.1, 0.15) is 53.8 Å². The third kappa shape index (κ3) is 5.60. The lowest BCUT2D eigenvalue weighted by atomic mass is 9.90. The van der Waals surface area contributed by atoms with Crippen LogP contribution in [0, 0.1) is 6.92 Å². The number of amides is 2. The smallest absolute Gasteiger partial charge is 0.243 e. The molecule has 8 heteroatoms. The molecule has 8 nitrogen and oxygen atoms in total. The first-order valence-electron chi connectivity index (χ1n) is 13.5. The zero-order chi connectivity index (χ0) is 26.6. The second-order valence-electron chi connectivity index (χ2n) is 10.5. The Kier molecular flexibility index (Phi) is 7.79. The Bertz CT molecular complexity index is 1300. The summed E-state index contributed by atoms with van der Waals surface area (Å²) >= 11 is 0. The fourth-order valence-corrected chi connectivity index (χ4v) is 5.65. The van der Waals surface area contributed by atoms with Crippen molar-refractivity contribution >= 4 is 11.8 Å². The molecule has 200 valence electrons. The molecular weight excluding hydrogens is 478 g/mol. The zero-order valence-electron chi connectivity index (χ0n) is 22.2. The summed E-state index contributed by atoms with van der Waals surface area (Å²) in [5.41, 5.74) is 11.4. The number of aryl methyl sites for hydroxylation is 1. The second kappa shape index (κ2) is 11.4. The summed E-state index contributed by atoms with van der Waals surface area (Å²) in [5, 5.41) is 3.18. The molecule has 1 aromatic heterocycles. The van der Waals surface area contributed by atoms with Crippen molar-refractivity contribution in [2.24, 2.45) is 5.73 Å². The van der Waals surface area contributed by atoms with E-state index < -0.39 is 6.04 Å². The Labute approximate surface area is 224 Å². The van der Waals surface area contributed by atoms with Crippen molar-refractivity contribution in [3.63, 3.8) is 0 Å². The van der Waals surface area contributed by atoms with Crippen LogP contribution in [0.2, 0.25) is 0 Å². The van der Waals surface area contributed by atoms with E-state index in [0.29, 0.717) is 25.3 Å². The van der Waals surface area contributed by atoms with Gasteiger partial charge in [-0.1, -0.05) is 49.2 Å². The lowest BCUT2D eigenvalue weighted by Gasteiger charge is -2.37. The van der Waals surface area contributed by atoms with E-state index in [9.17, 15) is 9.59 Å². The number of carbonyl (C=O) groups is 2. The lowest BCUT2D eigenvalue weighted by molar-refractivity contribution is -0.142. The van der Waals surface area contributed by atoms with Crippen molar-refractivity contribution in [2.75, 3.05) is 7.11 Å². The van der Waals surface area contributed by atoms with Crippen LogP contribution < -0.4 is 15.8 Å². The first kappa shape index (κ1) is 26.0. The third-order valence-corrected chi connectivity index (χ3v) is 7.98. The molecule has 3 atom stereocenters. The molecule has 0 saturated heterocycles. The average molecular weight is 516 g/mol. The molecule has 1 saturated carbocycles. The molecule has 5 rings (SSSR count). The van der Waals surface area contributed by atoms with Crippen LogP contribution in [0.4, 0.5) is 0 Å². The van der Waals surface area contributed by atoms with Crippen LogP contribution >= 0.6 is 0 Å². The number of nitrogens with one attached hydrogen (secondary N) is 1. The summed E-state index contributed by atoms with van der Waals surface area (Å²) in [5.74, 6) is 0.458. The number of methoxy groups -OCH3 is 1. The van der Waals surface area contributed by atoms with Gasteiger partial charge in [0.1, 0.15) is 11.8 Å². The summed E-state index contributed by atoms with van der Waals surface area (Å²) in [6.07, 6.45) is 6.31. The molecule has 1 aliphatic heterocycles. The number of benzene rings is 2. The van der Waals surface area contributed by atoms with E-state index >= 15 is 0 Å². The van der Waals surface area contributed by atoms with E-state index in [0.717, 1.165) is 42.6 Å². The topological polar surface area (TPSA) is 102 Å². The van der Waals surface area contributed by atoms with Gasteiger partial charge in [-0.05, 0) is 48.6 Å². The molecule has 2 aliphatic rings. The average Bonchev–Trinajstić information content (AvgIpc) is 3.32. The zero-order valence-corrected chi connectivity index (χ0v) is 22.2. The van der Waals surface area contributed by atoms with E-state index in [1.807, 2.05) is 42.7 Å². The van der Waals surface area contributed by atoms with Gasteiger partial charge in [0.25, 0.3) is 0 Å². The number of nitrogens with zero attached hydrogens (tertiary/aromatic N) is 3. The molecule has 1 fully saturated rings. The normalized spacial score (nSPS) is 21.0. The summed E-state index contributed by atoms with van der Waals surface area (Å²) in [4.78, 5) is 33.8. The number of carbonyl (C=O) groups excluding carboxylic acids is 2. The van der Waals surface area contributed by atoms with Gasteiger partial charge in [0.15, 0.2) is 0 Å². The Hall–Kier alpha value is -3.65.